The van der Waals surface area contributed by atoms with Gasteiger partial charge >= 0.3 is 5.97 Å². The maximum Gasteiger partial charge on any atom is 0.335 e. The molecule has 0 spiro atoms. The summed E-state index contributed by atoms with van der Waals surface area (Å²) < 4.78 is 5.14. The summed E-state index contributed by atoms with van der Waals surface area (Å²) in [6.45, 7) is 8.69. The van der Waals surface area contributed by atoms with E-state index in [1.807, 2.05) is 0 Å². The van der Waals surface area contributed by atoms with E-state index in [0.29, 0.717) is 17.9 Å². The lowest BCUT2D eigenvalue weighted by Crippen LogP contribution is -1.95. The number of allylic oxidation sites excluding steroid dienone is 1. The number of halogens is 1. The van der Waals surface area contributed by atoms with Gasteiger partial charge in [0.25, 0.3) is 0 Å². The molecule has 0 bridgehead atoms. The van der Waals surface area contributed by atoms with Crippen LogP contribution in [0.2, 0.25) is 0 Å². The molecule has 2 rings (SSSR count). The zero-order valence-corrected chi connectivity index (χ0v) is 17.4. The Morgan fingerprint density at radius 1 is 0.966 bits per heavy atom. The number of aromatic hydroxyl groups is 3. The van der Waals surface area contributed by atoms with Gasteiger partial charge in [0, 0.05) is 10.9 Å². The smallest absolute Gasteiger partial charge is 0.335 e. The van der Waals surface area contributed by atoms with Gasteiger partial charge in [-0.1, -0.05) is 34.7 Å². The van der Waals surface area contributed by atoms with Gasteiger partial charge in [-0.3, -0.25) is 4.79 Å². The van der Waals surface area contributed by atoms with Gasteiger partial charge in [0.15, 0.2) is 28.8 Å². The molecule has 2 aromatic carbocycles. The van der Waals surface area contributed by atoms with Crippen LogP contribution in [-0.4, -0.2) is 44.1 Å². The Balaban J connectivity index is 0.000000466. The topological polar surface area (TPSA) is 124 Å². The minimum Gasteiger partial charge on any atom is -0.504 e. The van der Waals surface area contributed by atoms with Crippen molar-refractivity contribution in [1.29, 1.82) is 0 Å². The van der Waals surface area contributed by atoms with Crippen molar-refractivity contribution in [3.8, 4) is 23.0 Å². The molecule has 0 radical (unpaired) electrons. The van der Waals surface area contributed by atoms with E-state index < -0.39 is 11.7 Å². The summed E-state index contributed by atoms with van der Waals surface area (Å²) in [5.74, 6) is -1.65. The Bertz CT molecular complexity index is 847. The number of rotatable bonds is 6. The molecule has 2 aromatic rings. The number of Topliss-reactive ketones (excluding diaryl/α,β-unsaturated/α-hetero) is 1. The molecular weight excluding hydrogens is 444 g/mol. The van der Waals surface area contributed by atoms with Gasteiger partial charge in [0.05, 0.1) is 5.56 Å². The number of hydrogen-bond donors (Lipinski definition) is 4. The molecule has 8 heteroatoms. The van der Waals surface area contributed by atoms with E-state index in [0.717, 1.165) is 17.5 Å². The summed E-state index contributed by atoms with van der Waals surface area (Å²) in [5.41, 5.74) is 0.411. The van der Waals surface area contributed by atoms with Crippen molar-refractivity contribution in [3.63, 3.8) is 0 Å². The molecule has 0 aliphatic rings. The molecule has 156 valence electrons. The van der Waals surface area contributed by atoms with Crippen molar-refractivity contribution in [2.75, 3.05) is 11.9 Å². The van der Waals surface area contributed by atoms with Crippen molar-refractivity contribution in [2.45, 2.75) is 6.92 Å². The first-order valence-electron chi connectivity index (χ1n) is 8.17. The summed E-state index contributed by atoms with van der Waals surface area (Å²) in [6.07, 6.45) is 3.37. The average molecular weight is 467 g/mol. The quantitative estimate of drug-likeness (QED) is 0.213. The first-order valence-corrected chi connectivity index (χ1v) is 9.29. The number of carbonyl (C=O) groups is 2. The Hall–Kier alpha value is -3.26. The molecule has 0 atom stereocenters. The highest BCUT2D eigenvalue weighted by Gasteiger charge is 2.06. The molecule has 0 aromatic heterocycles. The first-order chi connectivity index (χ1) is 13.7. The summed E-state index contributed by atoms with van der Waals surface area (Å²) in [6, 6.07) is 7.88. The molecule has 0 saturated heterocycles. The number of alkyl halides is 1. The van der Waals surface area contributed by atoms with Crippen LogP contribution in [0, 0.1) is 0 Å². The van der Waals surface area contributed by atoms with Gasteiger partial charge in [-0.15, -0.1) is 6.58 Å². The lowest BCUT2D eigenvalue weighted by molar-refractivity contribution is 0.0696. The van der Waals surface area contributed by atoms with Gasteiger partial charge in [0.2, 0.25) is 0 Å². The van der Waals surface area contributed by atoms with E-state index in [2.05, 4.69) is 29.1 Å². The van der Waals surface area contributed by atoms with Crippen molar-refractivity contribution < 1.29 is 34.8 Å². The standard InChI is InChI=1S/C11H12O3.C7H6O4.C3H5Br/c1-3-6-14-11-5-4-9(8(2)12)7-10(11)13;8-5-2-1-4(7(10)11)3-6(5)9;1-2-3-4/h3-5,7,13H,1,6H2,2H3;1-3,8-9H,(H,10,11);2H,1,3H2. The number of hydrogen-bond acceptors (Lipinski definition) is 6. The van der Waals surface area contributed by atoms with E-state index in [1.165, 1.54) is 19.1 Å². The molecule has 7 nitrogen and oxygen atoms in total. The molecule has 0 heterocycles. The van der Waals surface area contributed by atoms with Gasteiger partial charge < -0.3 is 25.2 Å². The zero-order valence-electron chi connectivity index (χ0n) is 15.8. The first kappa shape index (κ1) is 25.7. The molecule has 0 aliphatic carbocycles. The van der Waals surface area contributed by atoms with Crippen molar-refractivity contribution in [2.24, 2.45) is 0 Å². The number of benzene rings is 2. The lowest BCUT2D eigenvalue weighted by atomic mass is 10.1. The van der Waals surface area contributed by atoms with E-state index >= 15 is 0 Å². The predicted octanol–water partition coefficient (Wildman–Crippen LogP) is 4.52. The van der Waals surface area contributed by atoms with Gasteiger partial charge in [-0.25, -0.2) is 4.79 Å². The van der Waals surface area contributed by atoms with Crippen molar-refractivity contribution in [1.82, 2.24) is 0 Å². The minimum atomic E-state index is -1.14. The van der Waals surface area contributed by atoms with Crippen LogP contribution in [0.15, 0.2) is 61.7 Å². The van der Waals surface area contributed by atoms with Crippen LogP contribution in [0.3, 0.4) is 0 Å². The van der Waals surface area contributed by atoms with Crippen LogP contribution in [0.4, 0.5) is 0 Å². The second-order valence-corrected chi connectivity index (χ2v) is 5.94. The maximum absolute atomic E-state index is 11.0. The van der Waals surface area contributed by atoms with E-state index in [9.17, 15) is 14.7 Å². The van der Waals surface area contributed by atoms with Crippen LogP contribution in [0.1, 0.15) is 27.6 Å². The minimum absolute atomic E-state index is 0.0282. The van der Waals surface area contributed by atoms with Crippen LogP contribution in [-0.2, 0) is 0 Å². The monoisotopic (exact) mass is 466 g/mol. The van der Waals surface area contributed by atoms with Crippen molar-refractivity contribution >= 4 is 27.7 Å². The molecule has 29 heavy (non-hydrogen) atoms. The summed E-state index contributed by atoms with van der Waals surface area (Å²) in [5, 5.41) is 36.4. The highest BCUT2D eigenvalue weighted by molar-refractivity contribution is 9.09. The predicted molar refractivity (Wildman–Crippen MR) is 115 cm³/mol. The Labute approximate surface area is 177 Å². The molecule has 0 unspecified atom stereocenters. The number of phenols is 3. The van der Waals surface area contributed by atoms with Gasteiger partial charge in [0.1, 0.15) is 6.61 Å². The lowest BCUT2D eigenvalue weighted by Gasteiger charge is -2.06. The van der Waals surface area contributed by atoms with Gasteiger partial charge in [-0.2, -0.15) is 0 Å². The van der Waals surface area contributed by atoms with E-state index in [1.54, 1.807) is 24.3 Å². The third-order valence-electron chi connectivity index (χ3n) is 3.05. The normalized spacial score (nSPS) is 9.03. The summed E-state index contributed by atoms with van der Waals surface area (Å²) in [7, 11) is 0. The largest absolute Gasteiger partial charge is 0.504 e. The van der Waals surface area contributed by atoms with Crippen LogP contribution < -0.4 is 4.74 Å². The van der Waals surface area contributed by atoms with Crippen LogP contribution in [0.5, 0.6) is 23.0 Å². The molecule has 0 amide bonds. The third kappa shape index (κ3) is 10.0. The fourth-order valence-corrected chi connectivity index (χ4v) is 1.66. The molecular formula is C21H23BrO7. The molecule has 4 N–H and O–H groups in total. The zero-order chi connectivity index (χ0) is 22.4. The fraction of sp³-hybridized carbons (Fsp3) is 0.143. The number of aromatic carboxylic acids is 1. The SMILES string of the molecule is C=CCBr.C=CCOc1ccc(C(C)=O)cc1O.O=C(O)c1ccc(O)c(O)c1. The number of carboxylic acid groups (broad SMARTS) is 1. The van der Waals surface area contributed by atoms with Crippen LogP contribution >= 0.6 is 15.9 Å². The van der Waals surface area contributed by atoms with Crippen LogP contribution in [0.25, 0.3) is 0 Å². The maximum atomic E-state index is 11.0. The Kier molecular flexibility index (Phi) is 12.3. The second kappa shape index (κ2) is 13.8. The molecule has 0 fully saturated rings. The number of carbonyl (C=O) groups excluding carboxylic acids is 1. The van der Waals surface area contributed by atoms with E-state index in [-0.39, 0.29) is 22.8 Å². The highest BCUT2D eigenvalue weighted by atomic mass is 79.9. The Morgan fingerprint density at radius 3 is 1.93 bits per heavy atom. The Morgan fingerprint density at radius 2 is 1.52 bits per heavy atom. The number of ether oxygens (including phenoxy) is 1. The van der Waals surface area contributed by atoms with Gasteiger partial charge in [-0.05, 0) is 43.3 Å². The third-order valence-corrected chi connectivity index (χ3v) is 3.51. The van der Waals surface area contributed by atoms with Crippen molar-refractivity contribution in [3.05, 3.63) is 72.8 Å². The second-order valence-electron chi connectivity index (χ2n) is 5.29. The van der Waals surface area contributed by atoms with E-state index in [4.69, 9.17) is 20.1 Å². The number of ketones is 1. The summed E-state index contributed by atoms with van der Waals surface area (Å²) >= 11 is 3.13. The summed E-state index contributed by atoms with van der Waals surface area (Å²) in [4.78, 5) is 21.2. The number of carboxylic acids is 1. The fourth-order valence-electron chi connectivity index (χ4n) is 1.66. The average Bonchev–Trinajstić information content (AvgIpc) is 2.69. The highest BCUT2D eigenvalue weighted by Crippen LogP contribution is 2.27. The number of phenolic OH excluding ortho intramolecular Hbond substituents is 3. The molecule has 0 saturated carbocycles. The molecule has 0 aliphatic heterocycles.